The van der Waals surface area contributed by atoms with Gasteiger partial charge in [0.05, 0.1) is 6.10 Å². The van der Waals surface area contributed by atoms with Crippen LogP contribution >= 0.6 is 0 Å². The maximum atomic E-state index is 11.5. The third-order valence-corrected chi connectivity index (χ3v) is 1.24. The van der Waals surface area contributed by atoms with Crippen molar-refractivity contribution in [1.82, 2.24) is 0 Å². The summed E-state index contributed by atoms with van der Waals surface area (Å²) in [7, 11) is 0. The van der Waals surface area contributed by atoms with Crippen molar-refractivity contribution in [3.63, 3.8) is 0 Å². The normalized spacial score (nSPS) is 38.6. The van der Waals surface area contributed by atoms with Crippen LogP contribution < -0.4 is 0 Å². The van der Waals surface area contributed by atoms with Gasteiger partial charge in [-0.05, 0) is 6.42 Å². The van der Waals surface area contributed by atoms with Gasteiger partial charge in [0.1, 0.15) is 12.8 Å². The van der Waals surface area contributed by atoms with Crippen molar-refractivity contribution in [3.05, 3.63) is 0 Å². The molecule has 1 fully saturated rings. The van der Waals surface area contributed by atoms with Crippen molar-refractivity contribution < 1.29 is 9.13 Å². The molecule has 1 saturated heterocycles. The minimum atomic E-state index is -0.307. The van der Waals surface area contributed by atoms with E-state index in [1.54, 1.807) is 0 Å². The van der Waals surface area contributed by atoms with Crippen LogP contribution in [0.5, 0.6) is 0 Å². The summed E-state index contributed by atoms with van der Waals surface area (Å²) in [5.41, 5.74) is 0. The largest absolute Gasteiger partial charge is 0.367 e. The van der Waals surface area contributed by atoms with Crippen molar-refractivity contribution in [2.45, 2.75) is 25.6 Å². The Morgan fingerprint density at radius 3 is 2.43 bits per heavy atom. The maximum absolute atomic E-state index is 11.5. The van der Waals surface area contributed by atoms with Gasteiger partial charge in [-0.15, -0.1) is 0 Å². The molecule has 0 radical (unpaired) electrons. The lowest BCUT2D eigenvalue weighted by Crippen LogP contribution is -1.92. The number of hydrogen-bond acceptors (Lipinski definition) is 1. The van der Waals surface area contributed by atoms with Crippen molar-refractivity contribution >= 4 is 0 Å². The molecule has 2 heteroatoms. The lowest BCUT2D eigenvalue weighted by Gasteiger charge is -1.75. The number of hydrogen-bond donors (Lipinski definition) is 0. The molecule has 0 aromatic heterocycles. The lowest BCUT2D eigenvalue weighted by molar-refractivity contribution is 0.328. The molecule has 1 aliphatic rings. The topological polar surface area (TPSA) is 12.5 Å². The highest BCUT2D eigenvalue weighted by molar-refractivity contribution is 4.82. The first-order valence-electron chi connectivity index (χ1n) is 2.60. The van der Waals surface area contributed by atoms with Crippen LogP contribution in [0.15, 0.2) is 0 Å². The lowest BCUT2D eigenvalue weighted by atomic mass is 10.3. The second-order valence-corrected chi connectivity index (χ2v) is 1.78. The van der Waals surface area contributed by atoms with Crippen LogP contribution in [0.25, 0.3) is 0 Å². The van der Waals surface area contributed by atoms with Gasteiger partial charge < -0.3 is 4.74 Å². The SMILES string of the molecule is CCC1OC1CF. The molecular formula is C5H9FO. The first-order chi connectivity index (χ1) is 3.38. The van der Waals surface area contributed by atoms with Crippen LogP contribution in [-0.2, 0) is 4.74 Å². The fourth-order valence-corrected chi connectivity index (χ4v) is 0.674. The second kappa shape index (κ2) is 1.78. The highest BCUT2D eigenvalue weighted by Gasteiger charge is 2.36. The Balaban J connectivity index is 2.06. The zero-order valence-corrected chi connectivity index (χ0v) is 4.36. The van der Waals surface area contributed by atoms with Crippen molar-refractivity contribution in [1.29, 1.82) is 0 Å². The first kappa shape index (κ1) is 5.04. The molecule has 1 aliphatic heterocycles. The van der Waals surface area contributed by atoms with Crippen molar-refractivity contribution in [2.75, 3.05) is 6.67 Å². The van der Waals surface area contributed by atoms with E-state index in [4.69, 9.17) is 4.74 Å². The molecule has 0 aromatic carbocycles. The van der Waals surface area contributed by atoms with E-state index >= 15 is 0 Å². The van der Waals surface area contributed by atoms with E-state index in [0.29, 0.717) is 0 Å². The molecule has 2 atom stereocenters. The summed E-state index contributed by atoms with van der Waals surface area (Å²) >= 11 is 0. The molecule has 42 valence electrons. The molecule has 7 heavy (non-hydrogen) atoms. The van der Waals surface area contributed by atoms with E-state index in [9.17, 15) is 4.39 Å². The molecular weight excluding hydrogens is 95.1 g/mol. The molecule has 0 amide bonds. The molecule has 2 unspecified atom stereocenters. The maximum Gasteiger partial charge on any atom is 0.118 e. The van der Waals surface area contributed by atoms with Crippen LogP contribution in [-0.4, -0.2) is 18.9 Å². The number of halogens is 1. The smallest absolute Gasteiger partial charge is 0.118 e. The Hall–Kier alpha value is -0.110. The first-order valence-corrected chi connectivity index (χ1v) is 2.60. The third kappa shape index (κ3) is 0.911. The van der Waals surface area contributed by atoms with Gasteiger partial charge in [-0.25, -0.2) is 4.39 Å². The van der Waals surface area contributed by atoms with Crippen LogP contribution in [0.3, 0.4) is 0 Å². The molecule has 0 aromatic rings. The zero-order valence-electron chi connectivity index (χ0n) is 4.36. The standard InChI is InChI=1S/C5H9FO/c1-2-4-5(3-6)7-4/h4-5H,2-3H2,1H3. The Bertz CT molecular complexity index is 57.1. The van der Waals surface area contributed by atoms with Crippen LogP contribution in [0.4, 0.5) is 4.39 Å². The van der Waals surface area contributed by atoms with E-state index in [1.807, 2.05) is 6.92 Å². The summed E-state index contributed by atoms with van der Waals surface area (Å²) in [6, 6.07) is 0. The van der Waals surface area contributed by atoms with Gasteiger partial charge in [0.2, 0.25) is 0 Å². The van der Waals surface area contributed by atoms with Gasteiger partial charge >= 0.3 is 0 Å². The Morgan fingerprint density at radius 2 is 2.29 bits per heavy atom. The Kier molecular flexibility index (Phi) is 1.28. The highest BCUT2D eigenvalue weighted by atomic mass is 19.1. The molecule has 0 N–H and O–H groups in total. The van der Waals surface area contributed by atoms with Crippen molar-refractivity contribution in [3.8, 4) is 0 Å². The highest BCUT2D eigenvalue weighted by Crippen LogP contribution is 2.24. The van der Waals surface area contributed by atoms with Crippen LogP contribution in [0, 0.1) is 0 Å². The van der Waals surface area contributed by atoms with Gasteiger partial charge in [-0.2, -0.15) is 0 Å². The van der Waals surface area contributed by atoms with Crippen LogP contribution in [0.1, 0.15) is 13.3 Å². The van der Waals surface area contributed by atoms with E-state index in [2.05, 4.69) is 0 Å². The molecule has 1 nitrogen and oxygen atoms in total. The minimum absolute atomic E-state index is 0.0509. The molecule has 0 bridgehead atoms. The van der Waals surface area contributed by atoms with Crippen molar-refractivity contribution in [2.24, 2.45) is 0 Å². The Morgan fingerprint density at radius 1 is 1.57 bits per heavy atom. The predicted molar refractivity (Wildman–Crippen MR) is 24.9 cm³/mol. The average molecular weight is 104 g/mol. The van der Waals surface area contributed by atoms with Gasteiger partial charge in [0.25, 0.3) is 0 Å². The van der Waals surface area contributed by atoms with Gasteiger partial charge in [0.15, 0.2) is 0 Å². The second-order valence-electron chi connectivity index (χ2n) is 1.78. The van der Waals surface area contributed by atoms with E-state index in [1.165, 1.54) is 0 Å². The quantitative estimate of drug-likeness (QED) is 0.478. The number of alkyl halides is 1. The van der Waals surface area contributed by atoms with Crippen LogP contribution in [0.2, 0.25) is 0 Å². The monoisotopic (exact) mass is 104 g/mol. The number of epoxide rings is 1. The van der Waals surface area contributed by atoms with E-state index in [-0.39, 0.29) is 18.9 Å². The number of rotatable bonds is 2. The summed E-state index contributed by atoms with van der Waals surface area (Å²) < 4.78 is 16.3. The minimum Gasteiger partial charge on any atom is -0.367 e. The Labute approximate surface area is 42.5 Å². The summed E-state index contributed by atoms with van der Waals surface area (Å²) in [5.74, 6) is 0. The summed E-state index contributed by atoms with van der Waals surface area (Å²) in [6.07, 6.45) is 1.14. The predicted octanol–water partition coefficient (Wildman–Crippen LogP) is 1.13. The molecule has 0 aliphatic carbocycles. The molecule has 0 spiro atoms. The van der Waals surface area contributed by atoms with Gasteiger partial charge in [0, 0.05) is 0 Å². The molecule has 0 saturated carbocycles. The zero-order chi connectivity index (χ0) is 5.28. The fraction of sp³-hybridized carbons (Fsp3) is 1.00. The summed E-state index contributed by atoms with van der Waals surface area (Å²) in [4.78, 5) is 0. The van der Waals surface area contributed by atoms with Gasteiger partial charge in [-0.3, -0.25) is 0 Å². The fourth-order valence-electron chi connectivity index (χ4n) is 0.674. The molecule has 1 heterocycles. The average Bonchev–Trinajstić information content (AvgIpc) is 2.43. The summed E-state index contributed by atoms with van der Waals surface area (Å²) in [6.45, 7) is 1.69. The third-order valence-electron chi connectivity index (χ3n) is 1.24. The van der Waals surface area contributed by atoms with E-state index < -0.39 is 0 Å². The number of ether oxygens (including phenoxy) is 1. The summed E-state index contributed by atoms with van der Waals surface area (Å²) in [5, 5.41) is 0. The van der Waals surface area contributed by atoms with Gasteiger partial charge in [-0.1, -0.05) is 6.92 Å². The van der Waals surface area contributed by atoms with E-state index in [0.717, 1.165) is 6.42 Å². The molecule has 1 rings (SSSR count).